The Morgan fingerprint density at radius 3 is 2.93 bits per heavy atom. The zero-order valence-corrected chi connectivity index (χ0v) is 8.96. The van der Waals surface area contributed by atoms with E-state index in [0.717, 1.165) is 13.0 Å². The number of aryl methyl sites for hydroxylation is 1. The largest absolute Gasteiger partial charge is 0.329 e. The van der Waals surface area contributed by atoms with Crippen LogP contribution in [0.3, 0.4) is 0 Å². The van der Waals surface area contributed by atoms with Gasteiger partial charge >= 0.3 is 0 Å². The summed E-state index contributed by atoms with van der Waals surface area (Å²) in [7, 11) is 0. The Kier molecular flexibility index (Phi) is 4.56. The molecule has 0 aromatic carbocycles. The number of pyridine rings is 1. The molecule has 14 heavy (non-hydrogen) atoms. The second-order valence-electron chi connectivity index (χ2n) is 3.47. The molecule has 3 heteroatoms. The van der Waals surface area contributed by atoms with Crippen LogP contribution in [0.2, 0.25) is 0 Å². The summed E-state index contributed by atoms with van der Waals surface area (Å²) in [5.74, 6) is 0. The molecule has 1 atom stereocenters. The van der Waals surface area contributed by atoms with Gasteiger partial charge < -0.3 is 11.1 Å². The Morgan fingerprint density at radius 2 is 2.36 bits per heavy atom. The second-order valence-corrected chi connectivity index (χ2v) is 3.47. The standard InChI is InChI=1S/C11H19N3/c1-3-5-14-11(7-12)10-8-13-6-4-9(10)2/h4,6,8,11,14H,3,5,7,12H2,1-2H3. The SMILES string of the molecule is CCCNC(CN)c1cnccc1C. The number of nitrogens with two attached hydrogens (primary N) is 1. The number of aromatic nitrogens is 1. The molecule has 1 aromatic heterocycles. The Hall–Kier alpha value is -0.930. The van der Waals surface area contributed by atoms with Crippen molar-refractivity contribution >= 4 is 0 Å². The number of nitrogens with zero attached hydrogens (tertiary/aromatic N) is 1. The van der Waals surface area contributed by atoms with Gasteiger partial charge in [0.2, 0.25) is 0 Å². The molecule has 1 rings (SSSR count). The summed E-state index contributed by atoms with van der Waals surface area (Å²) < 4.78 is 0. The number of hydrogen-bond donors (Lipinski definition) is 2. The average Bonchev–Trinajstić information content (AvgIpc) is 2.21. The topological polar surface area (TPSA) is 50.9 Å². The molecule has 1 aromatic rings. The summed E-state index contributed by atoms with van der Waals surface area (Å²) in [6, 6.07) is 2.26. The van der Waals surface area contributed by atoms with Crippen LogP contribution in [0.4, 0.5) is 0 Å². The summed E-state index contributed by atoms with van der Waals surface area (Å²) in [6.45, 7) is 5.85. The van der Waals surface area contributed by atoms with Crippen LogP contribution in [0.5, 0.6) is 0 Å². The van der Waals surface area contributed by atoms with Gasteiger partial charge in [0.05, 0.1) is 0 Å². The van der Waals surface area contributed by atoms with Crippen molar-refractivity contribution in [3.8, 4) is 0 Å². The molecule has 0 bridgehead atoms. The summed E-state index contributed by atoms with van der Waals surface area (Å²) in [5, 5.41) is 3.41. The van der Waals surface area contributed by atoms with Crippen molar-refractivity contribution in [3.05, 3.63) is 29.6 Å². The van der Waals surface area contributed by atoms with Crippen LogP contribution >= 0.6 is 0 Å². The molecule has 0 amide bonds. The normalized spacial score (nSPS) is 12.8. The maximum absolute atomic E-state index is 5.72. The van der Waals surface area contributed by atoms with Gasteiger partial charge in [0.15, 0.2) is 0 Å². The zero-order valence-electron chi connectivity index (χ0n) is 8.96. The zero-order chi connectivity index (χ0) is 10.4. The molecule has 0 aliphatic rings. The first-order valence-corrected chi connectivity index (χ1v) is 5.13. The Labute approximate surface area is 85.7 Å². The van der Waals surface area contributed by atoms with Crippen LogP contribution in [0.25, 0.3) is 0 Å². The fourth-order valence-electron chi connectivity index (χ4n) is 1.48. The minimum absolute atomic E-state index is 0.239. The van der Waals surface area contributed by atoms with Gasteiger partial charge in [-0.1, -0.05) is 6.92 Å². The van der Waals surface area contributed by atoms with Gasteiger partial charge in [-0.3, -0.25) is 4.98 Å². The van der Waals surface area contributed by atoms with E-state index in [-0.39, 0.29) is 6.04 Å². The van der Waals surface area contributed by atoms with Crippen molar-refractivity contribution in [3.63, 3.8) is 0 Å². The van der Waals surface area contributed by atoms with Crippen molar-refractivity contribution in [1.29, 1.82) is 0 Å². The number of nitrogens with one attached hydrogen (secondary N) is 1. The monoisotopic (exact) mass is 193 g/mol. The third kappa shape index (κ3) is 2.79. The predicted octanol–water partition coefficient (Wildman–Crippen LogP) is 1.39. The van der Waals surface area contributed by atoms with Gasteiger partial charge in [-0.25, -0.2) is 0 Å². The Morgan fingerprint density at radius 1 is 1.57 bits per heavy atom. The van der Waals surface area contributed by atoms with Crippen LogP contribution < -0.4 is 11.1 Å². The van der Waals surface area contributed by atoms with Crippen LogP contribution in [0.1, 0.15) is 30.5 Å². The van der Waals surface area contributed by atoms with Crippen LogP contribution in [-0.4, -0.2) is 18.1 Å². The molecule has 0 spiro atoms. The summed E-state index contributed by atoms with van der Waals surface area (Å²) >= 11 is 0. The molecule has 0 saturated heterocycles. The van der Waals surface area contributed by atoms with E-state index in [0.29, 0.717) is 6.54 Å². The first kappa shape index (κ1) is 11.1. The van der Waals surface area contributed by atoms with Gasteiger partial charge in [-0.15, -0.1) is 0 Å². The third-order valence-corrected chi connectivity index (χ3v) is 2.33. The highest BCUT2D eigenvalue weighted by Crippen LogP contribution is 2.14. The first-order chi connectivity index (χ1) is 6.79. The summed E-state index contributed by atoms with van der Waals surface area (Å²) in [6.07, 6.45) is 4.83. The van der Waals surface area contributed by atoms with Crippen molar-refractivity contribution in [1.82, 2.24) is 10.3 Å². The van der Waals surface area contributed by atoms with Crippen molar-refractivity contribution in [2.75, 3.05) is 13.1 Å². The lowest BCUT2D eigenvalue weighted by atomic mass is 10.0. The smallest absolute Gasteiger partial charge is 0.0462 e. The van der Waals surface area contributed by atoms with Crippen LogP contribution in [-0.2, 0) is 0 Å². The number of rotatable bonds is 5. The van der Waals surface area contributed by atoms with E-state index < -0.39 is 0 Å². The van der Waals surface area contributed by atoms with E-state index in [1.807, 2.05) is 18.5 Å². The molecular formula is C11H19N3. The van der Waals surface area contributed by atoms with E-state index in [1.165, 1.54) is 11.1 Å². The molecule has 3 N–H and O–H groups in total. The minimum Gasteiger partial charge on any atom is -0.329 e. The maximum Gasteiger partial charge on any atom is 0.0462 e. The highest BCUT2D eigenvalue weighted by atomic mass is 14.9. The minimum atomic E-state index is 0.239. The predicted molar refractivity (Wildman–Crippen MR) is 59.1 cm³/mol. The van der Waals surface area contributed by atoms with E-state index >= 15 is 0 Å². The highest BCUT2D eigenvalue weighted by Gasteiger charge is 2.10. The van der Waals surface area contributed by atoms with E-state index in [2.05, 4.69) is 24.1 Å². The van der Waals surface area contributed by atoms with Crippen LogP contribution in [0, 0.1) is 6.92 Å². The molecule has 0 saturated carbocycles. The lowest BCUT2D eigenvalue weighted by Gasteiger charge is -2.18. The average molecular weight is 193 g/mol. The molecular weight excluding hydrogens is 174 g/mol. The number of hydrogen-bond acceptors (Lipinski definition) is 3. The third-order valence-electron chi connectivity index (χ3n) is 2.33. The fraction of sp³-hybridized carbons (Fsp3) is 0.545. The van der Waals surface area contributed by atoms with E-state index in [9.17, 15) is 0 Å². The molecule has 3 nitrogen and oxygen atoms in total. The van der Waals surface area contributed by atoms with Crippen molar-refractivity contribution in [2.45, 2.75) is 26.3 Å². The first-order valence-electron chi connectivity index (χ1n) is 5.13. The molecule has 1 heterocycles. The fourth-order valence-corrected chi connectivity index (χ4v) is 1.48. The van der Waals surface area contributed by atoms with Gasteiger partial charge in [-0.2, -0.15) is 0 Å². The molecule has 0 radical (unpaired) electrons. The Bertz CT molecular complexity index is 273. The van der Waals surface area contributed by atoms with Gasteiger partial charge in [-0.05, 0) is 37.1 Å². The highest BCUT2D eigenvalue weighted by molar-refractivity contribution is 5.25. The van der Waals surface area contributed by atoms with E-state index in [4.69, 9.17) is 5.73 Å². The van der Waals surface area contributed by atoms with Crippen LogP contribution in [0.15, 0.2) is 18.5 Å². The van der Waals surface area contributed by atoms with E-state index in [1.54, 1.807) is 0 Å². The molecule has 0 fully saturated rings. The second kappa shape index (κ2) is 5.73. The molecule has 0 aliphatic heterocycles. The lowest BCUT2D eigenvalue weighted by Crippen LogP contribution is -2.29. The summed E-state index contributed by atoms with van der Waals surface area (Å²) in [5.41, 5.74) is 8.18. The van der Waals surface area contributed by atoms with Crippen molar-refractivity contribution < 1.29 is 0 Å². The van der Waals surface area contributed by atoms with Crippen molar-refractivity contribution in [2.24, 2.45) is 5.73 Å². The Balaban J connectivity index is 2.73. The summed E-state index contributed by atoms with van der Waals surface area (Å²) in [4.78, 5) is 4.13. The lowest BCUT2D eigenvalue weighted by molar-refractivity contribution is 0.536. The van der Waals surface area contributed by atoms with Gasteiger partial charge in [0, 0.05) is 25.0 Å². The molecule has 0 aliphatic carbocycles. The quantitative estimate of drug-likeness (QED) is 0.743. The van der Waals surface area contributed by atoms with Gasteiger partial charge in [0.1, 0.15) is 0 Å². The molecule has 1 unspecified atom stereocenters. The maximum atomic E-state index is 5.72. The molecule has 78 valence electrons. The van der Waals surface area contributed by atoms with Gasteiger partial charge in [0.25, 0.3) is 0 Å².